The lowest BCUT2D eigenvalue weighted by molar-refractivity contribution is 0.254. The maximum absolute atomic E-state index is 13.5. The molecule has 0 unspecified atom stereocenters. The van der Waals surface area contributed by atoms with Crippen molar-refractivity contribution in [2.45, 2.75) is 9.79 Å². The molecule has 0 aliphatic heterocycles. The third-order valence-electron chi connectivity index (χ3n) is 5.16. The summed E-state index contributed by atoms with van der Waals surface area (Å²) < 4.78 is 15.1. The number of hydrogen-bond donors (Lipinski definition) is 1. The van der Waals surface area contributed by atoms with Crippen molar-refractivity contribution < 1.29 is 9.18 Å². The van der Waals surface area contributed by atoms with Crippen molar-refractivity contribution in [2.24, 2.45) is 0 Å². The topological polar surface area (TPSA) is 34.0 Å². The average molecular weight is 439 g/mol. The number of rotatable bonds is 4. The smallest absolute Gasteiger partial charge is 0.307 e. The molecule has 0 aliphatic carbocycles. The van der Waals surface area contributed by atoms with Gasteiger partial charge in [-0.05, 0) is 47.5 Å². The van der Waals surface area contributed by atoms with Crippen LogP contribution in [0.1, 0.15) is 0 Å². The molecule has 0 spiro atoms. The van der Waals surface area contributed by atoms with Crippen LogP contribution in [0.4, 0.5) is 14.9 Å². The highest BCUT2D eigenvalue weighted by Crippen LogP contribution is 2.36. The molecule has 0 fully saturated rings. The molecule has 1 N–H and O–H groups in total. The van der Waals surface area contributed by atoms with Gasteiger partial charge in [0.25, 0.3) is 0 Å². The van der Waals surface area contributed by atoms with Crippen molar-refractivity contribution >= 4 is 34.4 Å². The molecular formula is C27H19FN2OS. The van der Waals surface area contributed by atoms with Gasteiger partial charge < -0.3 is 5.32 Å². The van der Waals surface area contributed by atoms with Crippen molar-refractivity contribution in [1.82, 2.24) is 4.57 Å². The largest absolute Gasteiger partial charge is 0.330 e. The average Bonchev–Trinajstić information content (AvgIpc) is 3.19. The molecule has 5 rings (SSSR count). The third-order valence-corrected chi connectivity index (χ3v) is 6.21. The fourth-order valence-electron chi connectivity index (χ4n) is 3.62. The Morgan fingerprint density at radius 3 is 2.28 bits per heavy atom. The van der Waals surface area contributed by atoms with Crippen LogP contribution in [0, 0.1) is 5.82 Å². The number of halogens is 1. The van der Waals surface area contributed by atoms with E-state index in [0.717, 1.165) is 26.3 Å². The summed E-state index contributed by atoms with van der Waals surface area (Å²) in [6.07, 6.45) is 1.83. The first-order chi connectivity index (χ1) is 15.7. The minimum absolute atomic E-state index is 0.335. The van der Waals surface area contributed by atoms with E-state index in [1.54, 1.807) is 28.5 Å². The first kappa shape index (κ1) is 20.1. The third kappa shape index (κ3) is 4.15. The number of benzene rings is 4. The van der Waals surface area contributed by atoms with Gasteiger partial charge in [-0.15, -0.1) is 0 Å². The Morgan fingerprint density at radius 2 is 1.50 bits per heavy atom. The highest BCUT2D eigenvalue weighted by Gasteiger charge is 2.15. The molecule has 32 heavy (non-hydrogen) atoms. The van der Waals surface area contributed by atoms with E-state index in [0.29, 0.717) is 5.69 Å². The number of fused-ring (bicyclic) bond motifs is 1. The van der Waals surface area contributed by atoms with Gasteiger partial charge in [0.1, 0.15) is 5.82 Å². The standard InChI is InChI=1S/C27H19FN2OS/c28-21-9-6-10-22(17-21)29-27(31)30-18-26(24-11-4-5-12-25(24)30)32-23-15-13-20(14-16-23)19-7-2-1-3-8-19/h1-18H,(H,29,31). The monoisotopic (exact) mass is 438 g/mol. The number of nitrogens with zero attached hydrogens (tertiary/aromatic N) is 1. The predicted molar refractivity (Wildman–Crippen MR) is 129 cm³/mol. The second kappa shape index (κ2) is 8.73. The molecule has 156 valence electrons. The zero-order valence-electron chi connectivity index (χ0n) is 17.0. The maximum atomic E-state index is 13.5. The lowest BCUT2D eigenvalue weighted by Gasteiger charge is -2.07. The van der Waals surface area contributed by atoms with Crippen LogP contribution in [-0.4, -0.2) is 10.6 Å². The molecule has 0 radical (unpaired) electrons. The first-order valence-electron chi connectivity index (χ1n) is 10.2. The van der Waals surface area contributed by atoms with E-state index in [9.17, 15) is 9.18 Å². The lowest BCUT2D eigenvalue weighted by atomic mass is 10.1. The van der Waals surface area contributed by atoms with Gasteiger partial charge in [-0.3, -0.25) is 4.57 Å². The molecule has 0 atom stereocenters. The SMILES string of the molecule is O=C(Nc1cccc(F)c1)n1cc(Sc2ccc(-c3ccccc3)cc2)c2ccccc21. The van der Waals surface area contributed by atoms with Gasteiger partial charge in [0.2, 0.25) is 0 Å². The zero-order valence-corrected chi connectivity index (χ0v) is 17.9. The second-order valence-electron chi connectivity index (χ2n) is 7.31. The Bertz CT molecular complexity index is 1390. The second-order valence-corrected chi connectivity index (χ2v) is 8.43. The van der Waals surface area contributed by atoms with E-state index in [-0.39, 0.29) is 6.03 Å². The van der Waals surface area contributed by atoms with Crippen LogP contribution in [0.15, 0.2) is 119 Å². The van der Waals surface area contributed by atoms with Crippen molar-refractivity contribution in [3.63, 3.8) is 0 Å². The van der Waals surface area contributed by atoms with Crippen LogP contribution in [0.3, 0.4) is 0 Å². The molecule has 3 nitrogen and oxygen atoms in total. The summed E-state index contributed by atoms with van der Waals surface area (Å²) in [7, 11) is 0. The molecule has 0 aliphatic rings. The summed E-state index contributed by atoms with van der Waals surface area (Å²) in [6.45, 7) is 0. The summed E-state index contributed by atoms with van der Waals surface area (Å²) >= 11 is 1.61. The molecule has 5 aromatic rings. The van der Waals surface area contributed by atoms with Crippen LogP contribution >= 0.6 is 11.8 Å². The summed E-state index contributed by atoms with van der Waals surface area (Å²) in [6, 6.07) is 31.9. The Morgan fingerprint density at radius 1 is 0.781 bits per heavy atom. The molecule has 4 aromatic carbocycles. The molecule has 1 heterocycles. The first-order valence-corrected chi connectivity index (χ1v) is 11.0. The number of carbonyl (C=O) groups excluding carboxylic acids is 1. The number of amides is 1. The van der Waals surface area contributed by atoms with E-state index < -0.39 is 5.82 Å². The summed E-state index contributed by atoms with van der Waals surface area (Å²) in [5, 5.41) is 3.75. The molecular weight excluding hydrogens is 419 g/mol. The van der Waals surface area contributed by atoms with E-state index in [1.165, 1.54) is 17.7 Å². The highest BCUT2D eigenvalue weighted by molar-refractivity contribution is 7.99. The number of para-hydroxylation sites is 1. The van der Waals surface area contributed by atoms with Gasteiger partial charge in [-0.1, -0.05) is 78.5 Å². The molecule has 0 saturated heterocycles. The molecule has 1 aromatic heterocycles. The molecule has 1 amide bonds. The van der Waals surface area contributed by atoms with E-state index >= 15 is 0 Å². The maximum Gasteiger partial charge on any atom is 0.330 e. The van der Waals surface area contributed by atoms with Gasteiger partial charge >= 0.3 is 6.03 Å². The van der Waals surface area contributed by atoms with Gasteiger partial charge in [0.15, 0.2) is 0 Å². The van der Waals surface area contributed by atoms with Crippen molar-refractivity contribution in [2.75, 3.05) is 5.32 Å². The lowest BCUT2D eigenvalue weighted by Crippen LogP contribution is -2.18. The zero-order chi connectivity index (χ0) is 21.9. The Kier molecular flexibility index (Phi) is 5.48. The van der Waals surface area contributed by atoms with Crippen molar-refractivity contribution in [3.05, 3.63) is 115 Å². The minimum Gasteiger partial charge on any atom is -0.307 e. The fraction of sp³-hybridized carbons (Fsp3) is 0. The Labute approximate surface area is 189 Å². The number of aromatic nitrogens is 1. The molecule has 0 bridgehead atoms. The van der Waals surface area contributed by atoms with E-state index in [2.05, 4.69) is 41.7 Å². The number of anilines is 1. The summed E-state index contributed by atoms with van der Waals surface area (Å²) in [5.74, 6) is -0.393. The molecule has 5 heteroatoms. The number of nitrogens with one attached hydrogen (secondary N) is 1. The molecule has 0 saturated carbocycles. The van der Waals surface area contributed by atoms with Gasteiger partial charge in [-0.2, -0.15) is 0 Å². The van der Waals surface area contributed by atoms with Crippen LogP contribution in [0.25, 0.3) is 22.0 Å². The van der Waals surface area contributed by atoms with Crippen molar-refractivity contribution in [3.8, 4) is 11.1 Å². The number of hydrogen-bond acceptors (Lipinski definition) is 2. The van der Waals surface area contributed by atoms with Gasteiger partial charge in [0, 0.05) is 27.1 Å². The van der Waals surface area contributed by atoms with Crippen LogP contribution in [0.2, 0.25) is 0 Å². The van der Waals surface area contributed by atoms with E-state index in [4.69, 9.17) is 0 Å². The Hall–Kier alpha value is -3.83. The van der Waals surface area contributed by atoms with Crippen molar-refractivity contribution in [1.29, 1.82) is 0 Å². The van der Waals surface area contributed by atoms with Gasteiger partial charge in [-0.25, -0.2) is 9.18 Å². The normalized spacial score (nSPS) is 10.9. The highest BCUT2D eigenvalue weighted by atomic mass is 32.2. The summed E-state index contributed by atoms with van der Waals surface area (Å²) in [5.41, 5.74) is 3.55. The number of carbonyl (C=O) groups is 1. The van der Waals surface area contributed by atoms with Crippen LogP contribution in [0.5, 0.6) is 0 Å². The minimum atomic E-state index is -0.393. The fourth-order valence-corrected chi connectivity index (χ4v) is 4.59. The van der Waals surface area contributed by atoms with Gasteiger partial charge in [0.05, 0.1) is 5.52 Å². The van der Waals surface area contributed by atoms with Crippen LogP contribution < -0.4 is 5.32 Å². The quantitative estimate of drug-likeness (QED) is 0.312. The van der Waals surface area contributed by atoms with Crippen LogP contribution in [-0.2, 0) is 0 Å². The predicted octanol–water partition coefficient (Wildman–Crippen LogP) is 7.68. The van der Waals surface area contributed by atoms with E-state index in [1.807, 2.05) is 48.7 Å². The summed E-state index contributed by atoms with van der Waals surface area (Å²) in [4.78, 5) is 15.0. The Balaban J connectivity index is 1.43.